The Hall–Kier alpha value is -2.66. The van der Waals surface area contributed by atoms with Crippen LogP contribution in [0.15, 0.2) is 42.5 Å². The number of likely N-dealkylation sites (tertiary alicyclic amines) is 1. The van der Waals surface area contributed by atoms with E-state index in [0.29, 0.717) is 19.5 Å². The van der Waals surface area contributed by atoms with Gasteiger partial charge in [-0.05, 0) is 85.2 Å². The quantitative estimate of drug-likeness (QED) is 0.475. The Kier molecular flexibility index (Phi) is 7.99. The molecule has 2 aromatic rings. The van der Waals surface area contributed by atoms with Gasteiger partial charge in [-0.2, -0.15) is 0 Å². The number of amides is 1. The predicted molar refractivity (Wildman–Crippen MR) is 147 cm³/mol. The molecule has 198 valence electrons. The topological polar surface area (TPSA) is 60.9 Å². The van der Waals surface area contributed by atoms with Crippen molar-refractivity contribution in [1.82, 2.24) is 9.80 Å². The van der Waals surface area contributed by atoms with Crippen LogP contribution in [0.25, 0.3) is 11.1 Å². The van der Waals surface area contributed by atoms with E-state index >= 15 is 0 Å². The lowest BCUT2D eigenvalue weighted by Gasteiger charge is -2.38. The third kappa shape index (κ3) is 6.26. The van der Waals surface area contributed by atoms with Crippen molar-refractivity contribution in [2.75, 3.05) is 19.6 Å². The lowest BCUT2D eigenvalue weighted by Crippen LogP contribution is -2.40. The molecule has 0 spiro atoms. The summed E-state index contributed by atoms with van der Waals surface area (Å²) in [5.74, 6) is -0.655. The molecule has 1 atom stereocenters. The van der Waals surface area contributed by atoms with Crippen LogP contribution in [-0.2, 0) is 29.0 Å². The highest BCUT2D eigenvalue weighted by Gasteiger charge is 2.38. The molecule has 1 aliphatic carbocycles. The average molecular weight is 503 g/mol. The molecular weight excluding hydrogens is 460 g/mol. The fraction of sp³-hybridized carbons (Fsp3) is 0.562. The zero-order chi connectivity index (χ0) is 25.8. The van der Waals surface area contributed by atoms with E-state index in [1.807, 2.05) is 4.90 Å². The molecule has 0 bridgehead atoms. The van der Waals surface area contributed by atoms with Crippen LogP contribution in [0.3, 0.4) is 0 Å². The summed E-state index contributed by atoms with van der Waals surface area (Å²) in [6.45, 7) is 6.07. The highest BCUT2D eigenvalue weighted by Crippen LogP contribution is 2.43. The van der Waals surface area contributed by atoms with Gasteiger partial charge in [0.05, 0.1) is 6.42 Å². The van der Waals surface area contributed by atoms with Gasteiger partial charge in [-0.15, -0.1) is 0 Å². The number of benzene rings is 2. The molecule has 5 nitrogen and oxygen atoms in total. The number of fused-ring (bicyclic) bond motifs is 1. The number of nitrogens with zero attached hydrogens (tertiary/aromatic N) is 2. The fourth-order valence-corrected chi connectivity index (χ4v) is 6.88. The highest BCUT2D eigenvalue weighted by molar-refractivity contribution is 5.79. The lowest BCUT2D eigenvalue weighted by atomic mass is 9.69. The van der Waals surface area contributed by atoms with E-state index in [1.54, 1.807) is 0 Å². The number of carboxylic acids is 1. The molecule has 0 radical (unpaired) electrons. The van der Waals surface area contributed by atoms with E-state index in [4.69, 9.17) is 0 Å². The van der Waals surface area contributed by atoms with Gasteiger partial charge in [0.1, 0.15) is 0 Å². The molecule has 1 amide bonds. The summed E-state index contributed by atoms with van der Waals surface area (Å²) in [5.41, 5.74) is 6.06. The van der Waals surface area contributed by atoms with Crippen molar-refractivity contribution in [2.24, 2.45) is 5.41 Å². The number of carboxylic acid groups (broad SMARTS) is 1. The molecule has 1 unspecified atom stereocenters. The van der Waals surface area contributed by atoms with Gasteiger partial charge in [-0.1, -0.05) is 61.7 Å². The van der Waals surface area contributed by atoms with Crippen molar-refractivity contribution < 1.29 is 14.7 Å². The van der Waals surface area contributed by atoms with E-state index in [2.05, 4.69) is 54.3 Å². The first kappa shape index (κ1) is 26.0. The maximum atomic E-state index is 13.3. The number of hydrogen-bond acceptors (Lipinski definition) is 3. The van der Waals surface area contributed by atoms with Gasteiger partial charge in [0.2, 0.25) is 5.91 Å². The minimum absolute atomic E-state index is 0.114. The number of hydrogen-bond donors (Lipinski definition) is 1. The van der Waals surface area contributed by atoms with Crippen molar-refractivity contribution in [1.29, 1.82) is 0 Å². The minimum atomic E-state index is -0.777. The van der Waals surface area contributed by atoms with Crippen LogP contribution in [0.4, 0.5) is 0 Å². The Bertz CT molecular complexity index is 1100. The van der Waals surface area contributed by atoms with E-state index in [-0.39, 0.29) is 17.7 Å². The highest BCUT2D eigenvalue weighted by atomic mass is 16.4. The first-order valence-corrected chi connectivity index (χ1v) is 14.4. The van der Waals surface area contributed by atoms with Crippen LogP contribution in [-0.4, -0.2) is 52.5 Å². The van der Waals surface area contributed by atoms with E-state index < -0.39 is 5.97 Å². The van der Waals surface area contributed by atoms with Crippen LogP contribution >= 0.6 is 0 Å². The first-order chi connectivity index (χ1) is 17.9. The predicted octanol–water partition coefficient (Wildman–Crippen LogP) is 6.08. The van der Waals surface area contributed by atoms with Crippen LogP contribution in [0.2, 0.25) is 0 Å². The summed E-state index contributed by atoms with van der Waals surface area (Å²) in [6.07, 6.45) is 10.0. The summed E-state index contributed by atoms with van der Waals surface area (Å²) in [4.78, 5) is 29.4. The zero-order valence-electron chi connectivity index (χ0n) is 22.4. The van der Waals surface area contributed by atoms with Gasteiger partial charge in [0.15, 0.2) is 0 Å². The summed E-state index contributed by atoms with van der Waals surface area (Å²) < 4.78 is 0. The van der Waals surface area contributed by atoms with Gasteiger partial charge in [0.25, 0.3) is 0 Å². The van der Waals surface area contributed by atoms with Gasteiger partial charge in [-0.25, -0.2) is 0 Å². The van der Waals surface area contributed by atoms with E-state index in [9.17, 15) is 14.7 Å². The average Bonchev–Trinajstić information content (AvgIpc) is 3.31. The van der Waals surface area contributed by atoms with Gasteiger partial charge in [-0.3, -0.25) is 9.59 Å². The molecule has 1 saturated carbocycles. The summed E-state index contributed by atoms with van der Waals surface area (Å²) in [5, 5.41) is 9.47. The van der Waals surface area contributed by atoms with Crippen molar-refractivity contribution in [3.63, 3.8) is 0 Å². The van der Waals surface area contributed by atoms with Crippen LogP contribution in [0.5, 0.6) is 0 Å². The Balaban J connectivity index is 1.20. The molecule has 2 aliphatic heterocycles. The molecular formula is C32H42N2O3. The first-order valence-electron chi connectivity index (χ1n) is 14.4. The monoisotopic (exact) mass is 502 g/mol. The van der Waals surface area contributed by atoms with E-state index in [1.165, 1.54) is 47.2 Å². The Morgan fingerprint density at radius 1 is 0.919 bits per heavy atom. The Labute approximate surface area is 221 Å². The summed E-state index contributed by atoms with van der Waals surface area (Å²) >= 11 is 0. The molecule has 5 heteroatoms. The second-order valence-electron chi connectivity index (χ2n) is 11.8. The van der Waals surface area contributed by atoms with Crippen LogP contribution < -0.4 is 0 Å². The normalized spacial score (nSPS) is 21.5. The van der Waals surface area contributed by atoms with Crippen molar-refractivity contribution >= 4 is 11.9 Å². The minimum Gasteiger partial charge on any atom is -0.481 e. The Morgan fingerprint density at radius 3 is 2.38 bits per heavy atom. The van der Waals surface area contributed by atoms with Gasteiger partial charge in [0, 0.05) is 32.1 Å². The molecule has 0 aromatic heterocycles. The van der Waals surface area contributed by atoms with Crippen molar-refractivity contribution in [2.45, 2.75) is 90.1 Å². The SMILES string of the molecule is CC1CCCN1CCc1ccc(-c2ccc3c(c2)CCN(C(=O)CC2(CC(=O)O)CCCCC2)C3)cc1. The molecule has 2 heterocycles. The number of carbonyl (C=O) groups is 2. The molecule has 3 aliphatic rings. The molecule has 1 N–H and O–H groups in total. The van der Waals surface area contributed by atoms with Crippen molar-refractivity contribution in [3.8, 4) is 11.1 Å². The maximum absolute atomic E-state index is 13.3. The zero-order valence-corrected chi connectivity index (χ0v) is 22.4. The number of aliphatic carboxylic acids is 1. The molecule has 37 heavy (non-hydrogen) atoms. The second-order valence-corrected chi connectivity index (χ2v) is 11.8. The van der Waals surface area contributed by atoms with Crippen LogP contribution in [0, 0.1) is 5.41 Å². The standard InChI is InChI=1S/C32H42N2O3/c1-24-6-5-17-33(24)18-13-25-7-9-26(10-8-25)27-11-12-29-23-34(19-14-28(29)20-27)30(35)21-32(22-31(36)37)15-3-2-4-16-32/h7-12,20,24H,2-6,13-19,21-23H2,1H3,(H,36,37). The van der Waals surface area contributed by atoms with Crippen molar-refractivity contribution in [3.05, 3.63) is 59.2 Å². The van der Waals surface area contributed by atoms with Gasteiger partial charge < -0.3 is 14.9 Å². The smallest absolute Gasteiger partial charge is 0.303 e. The second kappa shape index (κ2) is 11.4. The largest absolute Gasteiger partial charge is 0.481 e. The molecule has 5 rings (SSSR count). The summed E-state index contributed by atoms with van der Waals surface area (Å²) in [7, 11) is 0. The third-order valence-electron chi connectivity index (χ3n) is 9.20. The Morgan fingerprint density at radius 2 is 1.68 bits per heavy atom. The molecule has 2 fully saturated rings. The number of carbonyl (C=O) groups excluding carboxylic acids is 1. The lowest BCUT2D eigenvalue weighted by molar-refractivity contribution is -0.142. The third-order valence-corrected chi connectivity index (χ3v) is 9.20. The van der Waals surface area contributed by atoms with Gasteiger partial charge >= 0.3 is 5.97 Å². The van der Waals surface area contributed by atoms with E-state index in [0.717, 1.165) is 57.5 Å². The van der Waals surface area contributed by atoms with Crippen LogP contribution in [0.1, 0.15) is 81.4 Å². The molecule has 2 aromatic carbocycles. The maximum Gasteiger partial charge on any atom is 0.303 e. The summed E-state index contributed by atoms with van der Waals surface area (Å²) in [6, 6.07) is 16.4. The molecule has 1 saturated heterocycles. The fourth-order valence-electron chi connectivity index (χ4n) is 6.88. The number of rotatable bonds is 8.